The highest BCUT2D eigenvalue weighted by molar-refractivity contribution is 5.17. The zero-order valence-electron chi connectivity index (χ0n) is 9.89. The average Bonchev–Trinajstić information content (AvgIpc) is 2.42. The first-order valence-electron chi connectivity index (χ1n) is 5.24. The molecule has 0 amide bonds. The molecule has 14 heavy (non-hydrogen) atoms. The van der Waals surface area contributed by atoms with E-state index >= 15 is 0 Å². The fourth-order valence-electron chi connectivity index (χ4n) is 1.66. The summed E-state index contributed by atoms with van der Waals surface area (Å²) in [6.45, 7) is 7.51. The van der Waals surface area contributed by atoms with Gasteiger partial charge in [0.05, 0.1) is 5.69 Å². The van der Waals surface area contributed by atoms with Crippen LogP contribution in [0.25, 0.3) is 0 Å². The Labute approximate surface area is 86.5 Å². The van der Waals surface area contributed by atoms with E-state index in [2.05, 4.69) is 42.7 Å². The van der Waals surface area contributed by atoms with Gasteiger partial charge in [-0.05, 0) is 14.0 Å². The van der Waals surface area contributed by atoms with E-state index in [9.17, 15) is 0 Å². The Morgan fingerprint density at radius 3 is 2.50 bits per heavy atom. The third kappa shape index (κ3) is 2.15. The number of imidazole rings is 1. The Morgan fingerprint density at radius 2 is 2.07 bits per heavy atom. The molecule has 1 N–H and O–H groups in total. The van der Waals surface area contributed by atoms with Gasteiger partial charge in [0.15, 0.2) is 0 Å². The fraction of sp³-hybridized carbons (Fsp3) is 0.727. The first-order chi connectivity index (χ1) is 6.57. The van der Waals surface area contributed by atoms with Crippen LogP contribution < -0.4 is 5.32 Å². The van der Waals surface area contributed by atoms with Crippen molar-refractivity contribution in [1.82, 2.24) is 14.9 Å². The minimum Gasteiger partial charge on any atom is -0.335 e. The molecular weight excluding hydrogens is 174 g/mol. The summed E-state index contributed by atoms with van der Waals surface area (Å²) >= 11 is 0. The van der Waals surface area contributed by atoms with Crippen molar-refractivity contribution in [3.05, 3.63) is 17.2 Å². The Kier molecular flexibility index (Phi) is 3.69. The molecule has 80 valence electrons. The van der Waals surface area contributed by atoms with E-state index in [0.717, 1.165) is 13.0 Å². The highest BCUT2D eigenvalue weighted by atomic mass is 15.1. The van der Waals surface area contributed by atoms with E-state index in [1.165, 1.54) is 17.2 Å². The normalized spacial score (nSPS) is 11.3. The largest absolute Gasteiger partial charge is 0.335 e. The van der Waals surface area contributed by atoms with Gasteiger partial charge in [-0.2, -0.15) is 0 Å². The van der Waals surface area contributed by atoms with E-state index in [4.69, 9.17) is 0 Å². The lowest BCUT2D eigenvalue weighted by Gasteiger charge is -2.04. The molecule has 1 aromatic heterocycles. The fourth-order valence-corrected chi connectivity index (χ4v) is 1.66. The molecule has 1 aromatic rings. The quantitative estimate of drug-likeness (QED) is 0.791. The lowest BCUT2D eigenvalue weighted by molar-refractivity contribution is 0.700. The highest BCUT2D eigenvalue weighted by Crippen LogP contribution is 2.17. The molecule has 0 bridgehead atoms. The van der Waals surface area contributed by atoms with Crippen molar-refractivity contribution in [2.24, 2.45) is 7.05 Å². The lowest BCUT2D eigenvalue weighted by atomic mass is 10.2. The molecule has 1 heterocycles. The Hall–Kier alpha value is -0.830. The number of nitrogens with one attached hydrogen (secondary N) is 1. The van der Waals surface area contributed by atoms with Gasteiger partial charge in [-0.15, -0.1) is 0 Å². The van der Waals surface area contributed by atoms with Crippen LogP contribution >= 0.6 is 0 Å². The first kappa shape index (κ1) is 11.2. The summed E-state index contributed by atoms with van der Waals surface area (Å²) in [6.07, 6.45) is 1.02. The van der Waals surface area contributed by atoms with Crippen molar-refractivity contribution in [3.8, 4) is 0 Å². The second-order valence-electron chi connectivity index (χ2n) is 4.07. The molecule has 0 spiro atoms. The molecule has 0 fully saturated rings. The van der Waals surface area contributed by atoms with E-state index in [-0.39, 0.29) is 0 Å². The Balaban J connectivity index is 2.91. The summed E-state index contributed by atoms with van der Waals surface area (Å²) in [5, 5.41) is 3.15. The lowest BCUT2D eigenvalue weighted by Crippen LogP contribution is -2.11. The third-order valence-electron chi connectivity index (χ3n) is 2.64. The van der Waals surface area contributed by atoms with E-state index < -0.39 is 0 Å². The standard InChI is InChI=1S/C11H21N3/c1-8(2)11-13-10(6-7-12-4)9(3)14(11)5/h8,12H,6-7H2,1-5H3. The summed E-state index contributed by atoms with van der Waals surface area (Å²) < 4.78 is 2.20. The zero-order chi connectivity index (χ0) is 10.7. The molecule has 1 rings (SSSR count). The van der Waals surface area contributed by atoms with Gasteiger partial charge in [0.2, 0.25) is 0 Å². The Morgan fingerprint density at radius 1 is 1.43 bits per heavy atom. The molecule has 3 nitrogen and oxygen atoms in total. The second kappa shape index (κ2) is 4.60. The van der Waals surface area contributed by atoms with Gasteiger partial charge in [0, 0.05) is 31.6 Å². The van der Waals surface area contributed by atoms with Crippen LogP contribution in [-0.2, 0) is 13.5 Å². The molecule has 0 atom stereocenters. The maximum Gasteiger partial charge on any atom is 0.111 e. The average molecular weight is 195 g/mol. The maximum atomic E-state index is 4.67. The van der Waals surface area contributed by atoms with Crippen molar-refractivity contribution in [1.29, 1.82) is 0 Å². The van der Waals surface area contributed by atoms with Gasteiger partial charge in [0.25, 0.3) is 0 Å². The number of hydrogen-bond donors (Lipinski definition) is 1. The van der Waals surface area contributed by atoms with Crippen LogP contribution in [0.1, 0.15) is 37.0 Å². The molecular formula is C11H21N3. The number of rotatable bonds is 4. The Bertz CT molecular complexity index is 300. The van der Waals surface area contributed by atoms with Crippen molar-refractivity contribution in [2.75, 3.05) is 13.6 Å². The van der Waals surface area contributed by atoms with Gasteiger partial charge in [-0.1, -0.05) is 13.8 Å². The minimum absolute atomic E-state index is 0.502. The molecule has 0 saturated heterocycles. The van der Waals surface area contributed by atoms with Crippen molar-refractivity contribution in [3.63, 3.8) is 0 Å². The van der Waals surface area contributed by atoms with Gasteiger partial charge >= 0.3 is 0 Å². The van der Waals surface area contributed by atoms with E-state index in [1.807, 2.05) is 7.05 Å². The van der Waals surface area contributed by atoms with Gasteiger partial charge in [-0.25, -0.2) is 4.98 Å². The minimum atomic E-state index is 0.502. The summed E-state index contributed by atoms with van der Waals surface area (Å²) in [6, 6.07) is 0. The molecule has 0 aliphatic rings. The van der Waals surface area contributed by atoms with Crippen molar-refractivity contribution < 1.29 is 0 Å². The predicted molar refractivity (Wildman–Crippen MR) is 59.7 cm³/mol. The molecule has 0 aliphatic heterocycles. The van der Waals surface area contributed by atoms with Crippen LogP contribution in [0.5, 0.6) is 0 Å². The molecule has 0 saturated carbocycles. The molecule has 0 aromatic carbocycles. The van der Waals surface area contributed by atoms with Crippen LogP contribution in [0.3, 0.4) is 0 Å². The van der Waals surface area contributed by atoms with Crippen LogP contribution in [0.2, 0.25) is 0 Å². The first-order valence-corrected chi connectivity index (χ1v) is 5.24. The summed E-state index contributed by atoms with van der Waals surface area (Å²) in [5.41, 5.74) is 2.52. The second-order valence-corrected chi connectivity index (χ2v) is 4.07. The molecule has 3 heteroatoms. The summed E-state index contributed by atoms with van der Waals surface area (Å²) in [5.74, 6) is 1.69. The summed E-state index contributed by atoms with van der Waals surface area (Å²) in [4.78, 5) is 4.67. The monoisotopic (exact) mass is 195 g/mol. The van der Waals surface area contributed by atoms with E-state index in [0.29, 0.717) is 5.92 Å². The summed E-state index contributed by atoms with van der Waals surface area (Å²) in [7, 11) is 4.07. The predicted octanol–water partition coefficient (Wildman–Crippen LogP) is 1.61. The maximum absolute atomic E-state index is 4.67. The van der Waals surface area contributed by atoms with Crippen LogP contribution in [0.4, 0.5) is 0 Å². The molecule has 0 aliphatic carbocycles. The number of likely N-dealkylation sites (N-methyl/N-ethyl adjacent to an activating group) is 1. The van der Waals surface area contributed by atoms with Crippen LogP contribution in [0.15, 0.2) is 0 Å². The zero-order valence-corrected chi connectivity index (χ0v) is 9.89. The number of hydrogen-bond acceptors (Lipinski definition) is 2. The van der Waals surface area contributed by atoms with Gasteiger partial charge in [0.1, 0.15) is 5.82 Å². The highest BCUT2D eigenvalue weighted by Gasteiger charge is 2.12. The molecule has 0 radical (unpaired) electrons. The smallest absolute Gasteiger partial charge is 0.111 e. The van der Waals surface area contributed by atoms with Gasteiger partial charge < -0.3 is 9.88 Å². The van der Waals surface area contributed by atoms with Gasteiger partial charge in [-0.3, -0.25) is 0 Å². The SMILES string of the molecule is CNCCc1nc(C(C)C)n(C)c1C. The topological polar surface area (TPSA) is 29.9 Å². The van der Waals surface area contributed by atoms with Crippen LogP contribution in [0, 0.1) is 6.92 Å². The van der Waals surface area contributed by atoms with Crippen LogP contribution in [-0.4, -0.2) is 23.1 Å². The molecule has 0 unspecified atom stereocenters. The van der Waals surface area contributed by atoms with E-state index in [1.54, 1.807) is 0 Å². The number of aromatic nitrogens is 2. The third-order valence-corrected chi connectivity index (χ3v) is 2.64. The van der Waals surface area contributed by atoms with Crippen molar-refractivity contribution >= 4 is 0 Å². The number of nitrogens with zero attached hydrogens (tertiary/aromatic N) is 2. The van der Waals surface area contributed by atoms with Crippen molar-refractivity contribution in [2.45, 2.75) is 33.1 Å².